The van der Waals surface area contributed by atoms with E-state index in [2.05, 4.69) is 43.4 Å². The first kappa shape index (κ1) is 21.7. The summed E-state index contributed by atoms with van der Waals surface area (Å²) in [5, 5.41) is 10.9. The second kappa shape index (κ2) is 12.1. The number of aliphatic imine (C=N–C) groups is 1. The highest BCUT2D eigenvalue weighted by Crippen LogP contribution is 2.17. The van der Waals surface area contributed by atoms with Gasteiger partial charge in [-0.3, -0.25) is 4.99 Å². The predicted octanol–water partition coefficient (Wildman–Crippen LogP) is 3.17. The molecular weight excluding hydrogens is 447 g/mol. The fourth-order valence-corrected chi connectivity index (χ4v) is 2.78. The lowest BCUT2D eigenvalue weighted by molar-refractivity contribution is 0.259. The quantitative estimate of drug-likeness (QED) is 0.351. The normalized spacial score (nSPS) is 11.1. The highest BCUT2D eigenvalue weighted by atomic mass is 127. The highest BCUT2D eigenvalue weighted by Gasteiger charge is 2.05. The van der Waals surface area contributed by atoms with E-state index in [1.54, 1.807) is 18.4 Å². The van der Waals surface area contributed by atoms with Gasteiger partial charge in [0, 0.05) is 32.2 Å². The van der Waals surface area contributed by atoms with Gasteiger partial charge in [0.2, 0.25) is 0 Å². The molecule has 1 heterocycles. The maximum Gasteiger partial charge on any atom is 0.191 e. The molecule has 0 aliphatic rings. The van der Waals surface area contributed by atoms with Crippen molar-refractivity contribution in [3.63, 3.8) is 0 Å². The van der Waals surface area contributed by atoms with E-state index in [1.165, 1.54) is 5.56 Å². The second-order valence-electron chi connectivity index (χ2n) is 5.67. The molecule has 0 bridgehead atoms. The smallest absolute Gasteiger partial charge is 0.191 e. The van der Waals surface area contributed by atoms with Gasteiger partial charge in [-0.25, -0.2) is 0 Å². The molecule has 0 spiro atoms. The number of nitrogens with one attached hydrogen (secondary N) is 2. The number of likely N-dealkylation sites (N-methyl/N-ethyl adjacent to an activating group) is 1. The molecule has 2 rings (SSSR count). The SMILES string of the molecule is CN=C(NCc1ccsc1)NCc1ccccc1OCCN(C)C.I. The largest absolute Gasteiger partial charge is 0.492 e. The Balaban J connectivity index is 0.00000312. The first-order valence-corrected chi connectivity index (χ1v) is 8.94. The van der Waals surface area contributed by atoms with Crippen LogP contribution in [-0.4, -0.2) is 45.2 Å². The Labute approximate surface area is 171 Å². The molecule has 0 atom stereocenters. The van der Waals surface area contributed by atoms with Gasteiger partial charge in [-0.1, -0.05) is 18.2 Å². The zero-order valence-electron chi connectivity index (χ0n) is 15.0. The minimum absolute atomic E-state index is 0. The van der Waals surface area contributed by atoms with Gasteiger partial charge in [0.25, 0.3) is 0 Å². The van der Waals surface area contributed by atoms with Gasteiger partial charge in [0.15, 0.2) is 5.96 Å². The van der Waals surface area contributed by atoms with Gasteiger partial charge in [0.05, 0.1) is 0 Å². The maximum atomic E-state index is 5.89. The van der Waals surface area contributed by atoms with E-state index in [4.69, 9.17) is 4.74 Å². The minimum atomic E-state index is 0. The number of hydrogen-bond donors (Lipinski definition) is 2. The summed E-state index contributed by atoms with van der Waals surface area (Å²) in [5.41, 5.74) is 2.38. The van der Waals surface area contributed by atoms with E-state index in [-0.39, 0.29) is 24.0 Å². The molecule has 25 heavy (non-hydrogen) atoms. The number of benzene rings is 1. The van der Waals surface area contributed by atoms with Crippen LogP contribution in [0.5, 0.6) is 5.75 Å². The molecule has 2 aromatic rings. The number of guanidine groups is 1. The van der Waals surface area contributed by atoms with Crippen molar-refractivity contribution in [2.75, 3.05) is 34.3 Å². The fraction of sp³-hybridized carbons (Fsp3) is 0.389. The molecule has 1 aromatic heterocycles. The van der Waals surface area contributed by atoms with Gasteiger partial charge < -0.3 is 20.3 Å². The Morgan fingerprint density at radius 3 is 2.60 bits per heavy atom. The molecule has 5 nitrogen and oxygen atoms in total. The van der Waals surface area contributed by atoms with Crippen molar-refractivity contribution in [1.29, 1.82) is 0 Å². The number of rotatable bonds is 8. The third kappa shape index (κ3) is 8.06. The van der Waals surface area contributed by atoms with Crippen LogP contribution in [0.25, 0.3) is 0 Å². The van der Waals surface area contributed by atoms with Crippen LogP contribution in [0.3, 0.4) is 0 Å². The van der Waals surface area contributed by atoms with Crippen LogP contribution < -0.4 is 15.4 Å². The molecule has 0 amide bonds. The van der Waals surface area contributed by atoms with Gasteiger partial charge in [0.1, 0.15) is 12.4 Å². The zero-order valence-corrected chi connectivity index (χ0v) is 18.1. The van der Waals surface area contributed by atoms with Gasteiger partial charge in [-0.05, 0) is 42.6 Å². The second-order valence-corrected chi connectivity index (χ2v) is 6.45. The molecule has 1 aromatic carbocycles. The number of para-hydroxylation sites is 1. The van der Waals surface area contributed by atoms with Gasteiger partial charge in [-0.2, -0.15) is 11.3 Å². The van der Waals surface area contributed by atoms with Crippen LogP contribution in [0, 0.1) is 0 Å². The van der Waals surface area contributed by atoms with Crippen molar-refractivity contribution >= 4 is 41.3 Å². The lowest BCUT2D eigenvalue weighted by Gasteiger charge is -2.16. The fourth-order valence-electron chi connectivity index (χ4n) is 2.11. The summed E-state index contributed by atoms with van der Waals surface area (Å²) < 4.78 is 5.89. The summed E-state index contributed by atoms with van der Waals surface area (Å²) in [7, 11) is 5.86. The number of hydrogen-bond acceptors (Lipinski definition) is 4. The van der Waals surface area contributed by atoms with Gasteiger partial charge in [-0.15, -0.1) is 24.0 Å². The first-order valence-electron chi connectivity index (χ1n) is 8.00. The summed E-state index contributed by atoms with van der Waals surface area (Å²) in [6, 6.07) is 10.2. The molecule has 0 saturated carbocycles. The number of halogens is 1. The summed E-state index contributed by atoms with van der Waals surface area (Å²) in [4.78, 5) is 6.38. The van der Waals surface area contributed by atoms with Crippen LogP contribution >= 0.6 is 35.3 Å². The third-order valence-electron chi connectivity index (χ3n) is 3.48. The monoisotopic (exact) mass is 474 g/mol. The van der Waals surface area contributed by atoms with Crippen LogP contribution in [-0.2, 0) is 13.1 Å². The third-order valence-corrected chi connectivity index (χ3v) is 4.21. The predicted molar refractivity (Wildman–Crippen MR) is 117 cm³/mol. The molecule has 0 aliphatic carbocycles. The Hall–Kier alpha value is -1.32. The first-order chi connectivity index (χ1) is 11.7. The Morgan fingerprint density at radius 2 is 1.92 bits per heavy atom. The topological polar surface area (TPSA) is 48.9 Å². The minimum Gasteiger partial charge on any atom is -0.492 e. The molecule has 0 saturated heterocycles. The van der Waals surface area contributed by atoms with E-state index in [9.17, 15) is 0 Å². The Morgan fingerprint density at radius 1 is 1.16 bits per heavy atom. The highest BCUT2D eigenvalue weighted by molar-refractivity contribution is 14.0. The van der Waals surface area contributed by atoms with E-state index in [0.717, 1.165) is 30.4 Å². The van der Waals surface area contributed by atoms with E-state index >= 15 is 0 Å². The number of nitrogens with zero attached hydrogens (tertiary/aromatic N) is 2. The summed E-state index contributed by atoms with van der Waals surface area (Å²) >= 11 is 1.70. The van der Waals surface area contributed by atoms with E-state index < -0.39 is 0 Å². The molecule has 0 fully saturated rings. The van der Waals surface area contributed by atoms with Gasteiger partial charge >= 0.3 is 0 Å². The van der Waals surface area contributed by atoms with E-state index in [0.29, 0.717) is 13.2 Å². The molecule has 0 radical (unpaired) electrons. The van der Waals surface area contributed by atoms with Crippen molar-refractivity contribution in [1.82, 2.24) is 15.5 Å². The van der Waals surface area contributed by atoms with E-state index in [1.807, 2.05) is 32.3 Å². The molecule has 2 N–H and O–H groups in total. The van der Waals surface area contributed by atoms with Crippen LogP contribution in [0.4, 0.5) is 0 Å². The lowest BCUT2D eigenvalue weighted by Crippen LogP contribution is -2.36. The molecule has 0 unspecified atom stereocenters. The molecule has 7 heteroatoms. The van der Waals surface area contributed by atoms with Crippen LogP contribution in [0.2, 0.25) is 0 Å². The number of ether oxygens (including phenoxy) is 1. The van der Waals surface area contributed by atoms with Crippen molar-refractivity contribution in [2.45, 2.75) is 13.1 Å². The molecule has 0 aliphatic heterocycles. The number of thiophene rings is 1. The van der Waals surface area contributed by atoms with Crippen molar-refractivity contribution in [2.24, 2.45) is 4.99 Å². The molecular formula is C18H27IN4OS. The van der Waals surface area contributed by atoms with Crippen molar-refractivity contribution in [3.8, 4) is 5.75 Å². The Bertz CT molecular complexity index is 632. The average Bonchev–Trinajstić information content (AvgIpc) is 3.09. The van der Waals surface area contributed by atoms with Crippen molar-refractivity contribution in [3.05, 3.63) is 52.2 Å². The maximum absolute atomic E-state index is 5.89. The van der Waals surface area contributed by atoms with Crippen LogP contribution in [0.1, 0.15) is 11.1 Å². The summed E-state index contributed by atoms with van der Waals surface area (Å²) in [6.07, 6.45) is 0. The van der Waals surface area contributed by atoms with Crippen LogP contribution in [0.15, 0.2) is 46.1 Å². The molecule has 138 valence electrons. The average molecular weight is 474 g/mol. The van der Waals surface area contributed by atoms with Crippen molar-refractivity contribution < 1.29 is 4.74 Å². The summed E-state index contributed by atoms with van der Waals surface area (Å²) in [6.45, 7) is 3.01. The standard InChI is InChI=1S/C18H26N4OS.HI/c1-19-18(20-12-15-8-11-24-14-15)21-13-16-6-4-5-7-17(16)23-10-9-22(2)3;/h4-8,11,14H,9-10,12-13H2,1-3H3,(H2,19,20,21);1H. The lowest BCUT2D eigenvalue weighted by atomic mass is 10.2. The Kier molecular flexibility index (Phi) is 10.5. The zero-order chi connectivity index (χ0) is 17.2. The summed E-state index contributed by atoms with van der Waals surface area (Å²) in [5.74, 6) is 1.70.